The highest BCUT2D eigenvalue weighted by molar-refractivity contribution is 5.72. The maximum Gasteiger partial charge on any atom is 0.410 e. The molecule has 1 heterocycles. The number of nitrogens with zero attached hydrogens (tertiary/aromatic N) is 1. The van der Waals surface area contributed by atoms with Crippen LogP contribution in [0.15, 0.2) is 30.3 Å². The largest absolute Gasteiger partial charge is 0.444 e. The van der Waals surface area contributed by atoms with Gasteiger partial charge in [0.15, 0.2) is 0 Å². The summed E-state index contributed by atoms with van der Waals surface area (Å²) >= 11 is 0. The number of carbonyl (C=O) groups excluding carboxylic acids is 2. The van der Waals surface area contributed by atoms with Crippen LogP contribution in [-0.2, 0) is 15.1 Å². The average Bonchev–Trinajstić information content (AvgIpc) is 2.55. The predicted molar refractivity (Wildman–Crippen MR) is 99.1 cm³/mol. The van der Waals surface area contributed by atoms with Gasteiger partial charge in [0.1, 0.15) is 5.60 Å². The van der Waals surface area contributed by atoms with Gasteiger partial charge >= 0.3 is 6.09 Å². The molecule has 0 aliphatic carbocycles. The maximum absolute atomic E-state index is 12.0. The number of nitrogens with two attached hydrogens (primary N) is 1. The lowest BCUT2D eigenvalue weighted by molar-refractivity contribution is -0.118. The molecule has 0 saturated carbocycles. The fraction of sp³-hybridized carbons (Fsp3) is 0.579. The van der Waals surface area contributed by atoms with Crippen LogP contribution < -0.4 is 11.1 Å². The first kappa shape index (κ1) is 21.0. The van der Waals surface area contributed by atoms with Gasteiger partial charge in [-0.2, -0.15) is 0 Å². The van der Waals surface area contributed by atoms with Crippen molar-refractivity contribution < 1.29 is 14.3 Å². The van der Waals surface area contributed by atoms with E-state index in [2.05, 4.69) is 17.4 Å². The monoisotopic (exact) mass is 349 g/mol. The Kier molecular flexibility index (Phi) is 7.42. The first-order valence-electron chi connectivity index (χ1n) is 8.58. The van der Waals surface area contributed by atoms with Gasteiger partial charge in [-0.1, -0.05) is 30.3 Å². The Hall–Kier alpha value is -2.08. The van der Waals surface area contributed by atoms with E-state index in [1.165, 1.54) is 6.92 Å². The molecule has 0 unspecified atom stereocenters. The van der Waals surface area contributed by atoms with Gasteiger partial charge in [0.05, 0.1) is 0 Å². The number of nitrogens with one attached hydrogen (secondary N) is 1. The molecule has 6 heteroatoms. The Morgan fingerprint density at radius 3 is 2.04 bits per heavy atom. The average molecular weight is 349 g/mol. The van der Waals surface area contributed by atoms with Crippen molar-refractivity contribution in [2.45, 2.75) is 51.7 Å². The van der Waals surface area contributed by atoms with Gasteiger partial charge in [0.2, 0.25) is 5.91 Å². The van der Waals surface area contributed by atoms with Gasteiger partial charge in [0.25, 0.3) is 0 Å². The Bertz CT molecular complexity index is 559. The number of hydrogen-bond acceptors (Lipinski definition) is 4. The fourth-order valence-corrected chi connectivity index (χ4v) is 2.47. The minimum atomic E-state index is -0.451. The lowest BCUT2D eigenvalue weighted by atomic mass is 9.82. The van der Waals surface area contributed by atoms with Gasteiger partial charge in [-0.25, -0.2) is 4.79 Å². The molecule has 0 spiro atoms. The second kappa shape index (κ2) is 8.85. The lowest BCUT2D eigenvalue weighted by Crippen LogP contribution is -2.50. The highest BCUT2D eigenvalue weighted by atomic mass is 16.6. The van der Waals surface area contributed by atoms with E-state index in [9.17, 15) is 9.59 Å². The third-order valence-electron chi connectivity index (χ3n) is 4.01. The van der Waals surface area contributed by atoms with Crippen molar-refractivity contribution in [3.8, 4) is 0 Å². The first-order chi connectivity index (χ1) is 11.6. The third-order valence-corrected chi connectivity index (χ3v) is 4.01. The van der Waals surface area contributed by atoms with E-state index >= 15 is 0 Å². The molecule has 0 bridgehead atoms. The highest BCUT2D eigenvalue weighted by Gasteiger charge is 2.35. The van der Waals surface area contributed by atoms with E-state index in [-0.39, 0.29) is 17.5 Å². The summed E-state index contributed by atoms with van der Waals surface area (Å²) < 4.78 is 5.40. The Balaban J connectivity index is 0.000000550. The van der Waals surface area contributed by atoms with Crippen molar-refractivity contribution in [3.05, 3.63) is 35.9 Å². The van der Waals surface area contributed by atoms with Crippen LogP contribution in [-0.4, -0.2) is 42.6 Å². The van der Waals surface area contributed by atoms with Crippen molar-refractivity contribution in [2.24, 2.45) is 5.73 Å². The van der Waals surface area contributed by atoms with Gasteiger partial charge < -0.3 is 20.7 Å². The molecule has 1 aromatic rings. The van der Waals surface area contributed by atoms with E-state index in [4.69, 9.17) is 10.5 Å². The molecule has 25 heavy (non-hydrogen) atoms. The Morgan fingerprint density at radius 1 is 1.16 bits per heavy atom. The van der Waals surface area contributed by atoms with Crippen LogP contribution in [0.5, 0.6) is 0 Å². The summed E-state index contributed by atoms with van der Waals surface area (Å²) in [6.45, 7) is 8.39. The van der Waals surface area contributed by atoms with Crippen molar-refractivity contribution >= 4 is 12.0 Å². The van der Waals surface area contributed by atoms with Crippen molar-refractivity contribution in [3.63, 3.8) is 0 Å². The molecule has 1 saturated heterocycles. The smallest absolute Gasteiger partial charge is 0.410 e. The number of rotatable bonds is 1. The van der Waals surface area contributed by atoms with Crippen LogP contribution in [0.3, 0.4) is 0 Å². The molecule has 1 aromatic carbocycles. The molecule has 3 N–H and O–H groups in total. The van der Waals surface area contributed by atoms with Crippen LogP contribution in [0.4, 0.5) is 4.79 Å². The number of likely N-dealkylation sites (tertiary alicyclic amines) is 1. The number of piperidine rings is 1. The summed E-state index contributed by atoms with van der Waals surface area (Å²) in [4.78, 5) is 23.5. The predicted octanol–water partition coefficient (Wildman–Crippen LogP) is 2.62. The molecule has 1 aliphatic rings. The number of ether oxygens (including phenoxy) is 1. The standard InChI is InChI=1S/C16H24N2O2.C3H7NO/c1-15(2,3)20-14(19)18-11-9-16(17,10-12-18)13-7-5-4-6-8-13;1-3(5)4-2/h4-8H,9-12,17H2,1-3H3;1-2H3,(H,4,5). The van der Waals surface area contributed by atoms with E-state index in [0.717, 1.165) is 18.4 Å². The molecular weight excluding hydrogens is 318 g/mol. The molecule has 0 aromatic heterocycles. The maximum atomic E-state index is 12.0. The molecule has 1 aliphatic heterocycles. The summed E-state index contributed by atoms with van der Waals surface area (Å²) in [6, 6.07) is 10.1. The minimum absolute atomic E-state index is 0.00463. The van der Waals surface area contributed by atoms with Crippen molar-refractivity contribution in [1.82, 2.24) is 10.2 Å². The highest BCUT2D eigenvalue weighted by Crippen LogP contribution is 2.30. The fourth-order valence-electron chi connectivity index (χ4n) is 2.47. The Morgan fingerprint density at radius 2 is 1.64 bits per heavy atom. The second-order valence-corrected chi connectivity index (χ2v) is 7.30. The molecule has 0 atom stereocenters. The minimum Gasteiger partial charge on any atom is -0.444 e. The first-order valence-corrected chi connectivity index (χ1v) is 8.58. The Labute approximate surface area is 150 Å². The van der Waals surface area contributed by atoms with Gasteiger partial charge in [-0.3, -0.25) is 4.79 Å². The number of benzene rings is 1. The zero-order valence-corrected chi connectivity index (χ0v) is 16.0. The SMILES string of the molecule is CC(C)(C)OC(=O)N1CCC(N)(c2ccccc2)CC1.CNC(C)=O. The van der Waals surface area contributed by atoms with Crippen molar-refractivity contribution in [1.29, 1.82) is 0 Å². The number of carbonyl (C=O) groups is 2. The van der Waals surface area contributed by atoms with Crippen molar-refractivity contribution in [2.75, 3.05) is 20.1 Å². The van der Waals surface area contributed by atoms with E-state index in [1.807, 2.05) is 39.0 Å². The third kappa shape index (κ3) is 7.13. The van der Waals surface area contributed by atoms with E-state index in [1.54, 1.807) is 11.9 Å². The quantitative estimate of drug-likeness (QED) is 0.816. The summed E-state index contributed by atoms with van der Waals surface area (Å²) in [5, 5.41) is 2.39. The molecule has 1 fully saturated rings. The van der Waals surface area contributed by atoms with Crippen LogP contribution in [0.25, 0.3) is 0 Å². The summed E-state index contributed by atoms with van der Waals surface area (Å²) in [6.07, 6.45) is 1.28. The van der Waals surface area contributed by atoms with Gasteiger partial charge in [-0.15, -0.1) is 0 Å². The zero-order chi connectivity index (χ0) is 19.1. The summed E-state index contributed by atoms with van der Waals surface area (Å²) in [5.41, 5.74) is 6.85. The van der Waals surface area contributed by atoms with Crippen LogP contribution in [0, 0.1) is 0 Å². The summed E-state index contributed by atoms with van der Waals surface area (Å²) in [5.74, 6) is 0.00463. The topological polar surface area (TPSA) is 84.7 Å². The second-order valence-electron chi connectivity index (χ2n) is 7.30. The number of hydrogen-bond donors (Lipinski definition) is 2. The lowest BCUT2D eigenvalue weighted by Gasteiger charge is -2.39. The molecule has 2 rings (SSSR count). The molecule has 6 nitrogen and oxygen atoms in total. The van der Waals surface area contributed by atoms with Gasteiger partial charge in [-0.05, 0) is 39.2 Å². The molecular formula is C19H31N3O3. The van der Waals surface area contributed by atoms with Crippen LogP contribution in [0.2, 0.25) is 0 Å². The zero-order valence-electron chi connectivity index (χ0n) is 16.0. The molecule has 2 amide bonds. The number of amides is 2. The molecule has 140 valence electrons. The van der Waals surface area contributed by atoms with E-state index in [0.29, 0.717) is 13.1 Å². The summed E-state index contributed by atoms with van der Waals surface area (Å²) in [7, 11) is 1.60. The van der Waals surface area contributed by atoms with Crippen LogP contribution >= 0.6 is 0 Å². The normalized spacial score (nSPS) is 16.3. The van der Waals surface area contributed by atoms with E-state index < -0.39 is 5.60 Å². The van der Waals surface area contributed by atoms with Gasteiger partial charge in [0, 0.05) is 32.6 Å². The molecule has 0 radical (unpaired) electrons. The van der Waals surface area contributed by atoms with Crippen LogP contribution in [0.1, 0.15) is 46.1 Å².